The van der Waals surface area contributed by atoms with Gasteiger partial charge in [0, 0.05) is 25.1 Å². The van der Waals surface area contributed by atoms with Crippen LogP contribution in [0.1, 0.15) is 23.2 Å². The van der Waals surface area contributed by atoms with E-state index in [2.05, 4.69) is 16.6 Å². The molecule has 1 heterocycles. The Labute approximate surface area is 167 Å². The number of allylic oxidation sites excluding steroid dienone is 1. The summed E-state index contributed by atoms with van der Waals surface area (Å²) >= 11 is 0. The van der Waals surface area contributed by atoms with Crippen LogP contribution in [0, 0.1) is 22.0 Å². The number of carbonyl (C=O) groups is 3. The van der Waals surface area contributed by atoms with Gasteiger partial charge < -0.3 is 20.5 Å². The predicted molar refractivity (Wildman–Crippen MR) is 102 cm³/mol. The molecule has 3 N–H and O–H groups in total. The molecule has 1 aliphatic carbocycles. The van der Waals surface area contributed by atoms with Gasteiger partial charge in [-0.05, 0) is 24.5 Å². The van der Waals surface area contributed by atoms with E-state index in [9.17, 15) is 24.5 Å². The molecule has 0 spiro atoms. The van der Waals surface area contributed by atoms with Crippen molar-refractivity contribution in [3.8, 4) is 0 Å². The summed E-state index contributed by atoms with van der Waals surface area (Å²) in [5.74, 6) is -0.666. The molecular weight excluding hydrogens is 382 g/mol. The molecule has 2 aliphatic rings. The fraction of sp³-hybridized carbons (Fsp3) is 0.421. The summed E-state index contributed by atoms with van der Waals surface area (Å²) in [4.78, 5) is 43.4. The lowest BCUT2D eigenvalue weighted by Gasteiger charge is -2.10. The fourth-order valence-electron chi connectivity index (χ4n) is 2.85. The first kappa shape index (κ1) is 22.0. The summed E-state index contributed by atoms with van der Waals surface area (Å²) < 4.78 is 9.72. The highest BCUT2D eigenvalue weighted by molar-refractivity contribution is 5.90. The smallest absolute Gasteiger partial charge is 0.338 e. The molecule has 10 heteroatoms. The number of nitrogens with two attached hydrogens (primary N) is 1. The van der Waals surface area contributed by atoms with Gasteiger partial charge in [0.2, 0.25) is 5.91 Å². The van der Waals surface area contributed by atoms with E-state index in [0.717, 1.165) is 6.42 Å². The Hall–Kier alpha value is -3.27. The highest BCUT2D eigenvalue weighted by atomic mass is 16.6. The molecule has 1 amide bonds. The van der Waals surface area contributed by atoms with Crippen molar-refractivity contribution in [1.29, 1.82) is 0 Å². The molecule has 1 aliphatic heterocycles. The van der Waals surface area contributed by atoms with E-state index in [-0.39, 0.29) is 23.1 Å². The number of nitro groups is 1. The number of esters is 2. The van der Waals surface area contributed by atoms with Gasteiger partial charge >= 0.3 is 11.9 Å². The molecule has 4 unspecified atom stereocenters. The number of methoxy groups -OCH3 is 1. The van der Waals surface area contributed by atoms with Crippen molar-refractivity contribution in [2.24, 2.45) is 17.6 Å². The van der Waals surface area contributed by atoms with E-state index in [1.807, 2.05) is 6.08 Å². The quantitative estimate of drug-likeness (QED) is 0.307. The molecule has 2 fully saturated rings. The van der Waals surface area contributed by atoms with Crippen molar-refractivity contribution in [2.75, 3.05) is 13.7 Å². The monoisotopic (exact) mass is 405 g/mol. The number of amides is 1. The molecule has 1 aromatic rings. The standard InChI is InChI=1S/C12H13N3O5.C7H10O2/c13-11(16)10-5-9(6-14-10)20-12(17)7-1-3-8(4-2-7)15(18)19;1-3-5-4-6(5)7(8)9-2/h1-4,9-10,14H,5-6H2,(H2,13,16);3,5-6H,1,4H2,2H3. The Kier molecular flexibility index (Phi) is 7.43. The van der Waals surface area contributed by atoms with Crippen LogP contribution in [-0.4, -0.2) is 48.6 Å². The minimum Gasteiger partial charge on any atom is -0.469 e. The molecule has 1 saturated carbocycles. The van der Waals surface area contributed by atoms with Crippen molar-refractivity contribution in [3.05, 3.63) is 52.6 Å². The summed E-state index contributed by atoms with van der Waals surface area (Å²) in [6.07, 6.45) is 2.63. The van der Waals surface area contributed by atoms with Crippen LogP contribution in [0.3, 0.4) is 0 Å². The molecule has 0 aromatic heterocycles. The van der Waals surface area contributed by atoms with E-state index in [4.69, 9.17) is 10.5 Å². The number of nitrogens with zero attached hydrogens (tertiary/aromatic N) is 1. The zero-order chi connectivity index (χ0) is 21.6. The third-order valence-corrected chi connectivity index (χ3v) is 4.67. The van der Waals surface area contributed by atoms with Gasteiger partial charge in [-0.15, -0.1) is 6.58 Å². The van der Waals surface area contributed by atoms with Gasteiger partial charge in [0.25, 0.3) is 5.69 Å². The van der Waals surface area contributed by atoms with Gasteiger partial charge in [0.05, 0.1) is 29.6 Å². The van der Waals surface area contributed by atoms with E-state index in [0.29, 0.717) is 18.9 Å². The van der Waals surface area contributed by atoms with E-state index >= 15 is 0 Å². The number of nitro benzene ring substituents is 1. The van der Waals surface area contributed by atoms with E-state index in [1.165, 1.54) is 31.4 Å². The first-order valence-electron chi connectivity index (χ1n) is 8.95. The maximum absolute atomic E-state index is 11.8. The molecule has 10 nitrogen and oxygen atoms in total. The van der Waals surface area contributed by atoms with Crippen LogP contribution < -0.4 is 11.1 Å². The lowest BCUT2D eigenvalue weighted by atomic mass is 10.2. The van der Waals surface area contributed by atoms with Gasteiger partial charge in [-0.2, -0.15) is 0 Å². The first-order valence-corrected chi connectivity index (χ1v) is 8.95. The lowest BCUT2D eigenvalue weighted by Crippen LogP contribution is -2.36. The highest BCUT2D eigenvalue weighted by Crippen LogP contribution is 2.39. The molecule has 1 aromatic carbocycles. The third kappa shape index (κ3) is 6.11. The van der Waals surface area contributed by atoms with Crippen LogP contribution in [0.25, 0.3) is 0 Å². The van der Waals surface area contributed by atoms with Gasteiger partial charge in [-0.1, -0.05) is 6.08 Å². The number of non-ortho nitro benzene ring substituents is 1. The fourth-order valence-corrected chi connectivity index (χ4v) is 2.85. The predicted octanol–water partition coefficient (Wildman–Crippen LogP) is 0.949. The lowest BCUT2D eigenvalue weighted by molar-refractivity contribution is -0.384. The number of hydrogen-bond donors (Lipinski definition) is 2. The molecule has 156 valence electrons. The Morgan fingerprint density at radius 3 is 2.38 bits per heavy atom. The van der Waals surface area contributed by atoms with Crippen molar-refractivity contribution < 1.29 is 28.8 Å². The molecule has 1 saturated heterocycles. The number of benzene rings is 1. The molecular formula is C19H23N3O7. The second-order valence-corrected chi connectivity index (χ2v) is 6.70. The zero-order valence-electron chi connectivity index (χ0n) is 15.9. The molecule has 29 heavy (non-hydrogen) atoms. The molecule has 3 rings (SSSR count). The van der Waals surface area contributed by atoms with Crippen LogP contribution in [0.2, 0.25) is 0 Å². The van der Waals surface area contributed by atoms with Gasteiger partial charge in [-0.3, -0.25) is 19.7 Å². The average molecular weight is 405 g/mol. The van der Waals surface area contributed by atoms with Crippen molar-refractivity contribution in [3.63, 3.8) is 0 Å². The summed E-state index contributed by atoms with van der Waals surface area (Å²) in [5, 5.41) is 13.3. The number of carbonyl (C=O) groups excluding carboxylic acids is 3. The highest BCUT2D eigenvalue weighted by Gasteiger charge is 2.41. The molecule has 4 atom stereocenters. The Morgan fingerprint density at radius 2 is 1.93 bits per heavy atom. The minimum atomic E-state index is -0.586. The van der Waals surface area contributed by atoms with Crippen LogP contribution in [0.15, 0.2) is 36.9 Å². The normalized spacial score (nSPS) is 24.4. The van der Waals surface area contributed by atoms with Gasteiger partial charge in [0.1, 0.15) is 6.10 Å². The minimum absolute atomic E-state index is 0.0973. The number of nitrogens with one attached hydrogen (secondary N) is 1. The summed E-state index contributed by atoms with van der Waals surface area (Å²) in [5.41, 5.74) is 5.26. The molecule has 0 radical (unpaired) electrons. The van der Waals surface area contributed by atoms with Gasteiger partial charge in [-0.25, -0.2) is 4.79 Å². The summed E-state index contributed by atoms with van der Waals surface area (Å²) in [7, 11) is 1.42. The average Bonchev–Trinajstić information content (AvgIpc) is 3.36. The van der Waals surface area contributed by atoms with E-state index in [1.54, 1.807) is 0 Å². The Morgan fingerprint density at radius 1 is 1.28 bits per heavy atom. The van der Waals surface area contributed by atoms with Gasteiger partial charge in [0.15, 0.2) is 0 Å². The number of rotatable bonds is 6. The maximum atomic E-state index is 11.8. The maximum Gasteiger partial charge on any atom is 0.338 e. The summed E-state index contributed by atoms with van der Waals surface area (Å²) in [6.45, 7) is 3.94. The van der Waals surface area contributed by atoms with E-state index < -0.39 is 28.9 Å². The Balaban J connectivity index is 0.000000278. The van der Waals surface area contributed by atoms with Crippen LogP contribution >= 0.6 is 0 Å². The zero-order valence-corrected chi connectivity index (χ0v) is 15.9. The first-order chi connectivity index (χ1) is 13.8. The molecule has 0 bridgehead atoms. The Bertz CT molecular complexity index is 793. The van der Waals surface area contributed by atoms with Crippen molar-refractivity contribution in [1.82, 2.24) is 5.32 Å². The second kappa shape index (κ2) is 9.78. The summed E-state index contributed by atoms with van der Waals surface area (Å²) in [6, 6.07) is 4.62. The number of primary amides is 1. The van der Waals surface area contributed by atoms with Crippen LogP contribution in [0.5, 0.6) is 0 Å². The largest absolute Gasteiger partial charge is 0.469 e. The number of ether oxygens (including phenoxy) is 2. The van der Waals surface area contributed by atoms with Crippen molar-refractivity contribution >= 4 is 23.5 Å². The second-order valence-electron chi connectivity index (χ2n) is 6.70. The topological polar surface area (TPSA) is 151 Å². The SMILES string of the molecule is C=CC1CC1C(=O)OC.NC(=O)C1CC(OC(=O)c2ccc([N+](=O)[O-])cc2)CN1. The third-order valence-electron chi connectivity index (χ3n) is 4.67. The van der Waals surface area contributed by atoms with Crippen LogP contribution in [0.4, 0.5) is 5.69 Å². The number of hydrogen-bond acceptors (Lipinski definition) is 8. The van der Waals surface area contributed by atoms with Crippen LogP contribution in [-0.2, 0) is 19.1 Å². The van der Waals surface area contributed by atoms with Crippen molar-refractivity contribution in [2.45, 2.75) is 25.0 Å².